The van der Waals surface area contributed by atoms with E-state index in [4.69, 9.17) is 0 Å². The van der Waals surface area contributed by atoms with Crippen molar-refractivity contribution in [2.75, 3.05) is 32.1 Å². The summed E-state index contributed by atoms with van der Waals surface area (Å²) in [5.74, 6) is 0.285. The predicted molar refractivity (Wildman–Crippen MR) is 88.0 cm³/mol. The third-order valence-corrected chi connectivity index (χ3v) is 5.65. The second-order valence-electron chi connectivity index (χ2n) is 5.60. The number of nitrogens with one attached hydrogen (secondary N) is 1. The van der Waals surface area contributed by atoms with Crippen LogP contribution in [0.25, 0.3) is 0 Å². The average Bonchev–Trinajstić information content (AvgIpc) is 2.40. The van der Waals surface area contributed by atoms with Crippen LogP contribution in [0.5, 0.6) is 0 Å². The van der Waals surface area contributed by atoms with Crippen LogP contribution in [-0.2, 0) is 9.84 Å². The Balaban J connectivity index is 5.00. The molecule has 0 amide bonds. The molecular weight excluding hydrogens is 272 g/mol. The largest absolute Gasteiger partial charge is 0.315 e. The van der Waals surface area contributed by atoms with Gasteiger partial charge in [0, 0.05) is 23.6 Å². The van der Waals surface area contributed by atoms with Gasteiger partial charge in [-0.15, -0.1) is 0 Å². The molecule has 0 aliphatic carbocycles. The minimum Gasteiger partial charge on any atom is -0.315 e. The molecule has 20 heavy (non-hydrogen) atoms. The van der Waals surface area contributed by atoms with E-state index < -0.39 is 9.84 Å². The molecule has 0 fully saturated rings. The molecular formula is C15H34N2O2S. The lowest BCUT2D eigenvalue weighted by Crippen LogP contribution is -2.60. The van der Waals surface area contributed by atoms with Gasteiger partial charge in [-0.25, -0.2) is 8.42 Å². The number of hydrogen-bond donors (Lipinski definition) is 1. The van der Waals surface area contributed by atoms with E-state index >= 15 is 0 Å². The number of rotatable bonds is 11. The van der Waals surface area contributed by atoms with E-state index in [0.29, 0.717) is 6.04 Å². The Morgan fingerprint density at radius 3 is 1.90 bits per heavy atom. The third-order valence-electron chi connectivity index (χ3n) is 4.62. The Kier molecular flexibility index (Phi) is 8.95. The Morgan fingerprint density at radius 1 is 1.10 bits per heavy atom. The Morgan fingerprint density at radius 2 is 1.60 bits per heavy atom. The van der Waals surface area contributed by atoms with Gasteiger partial charge in [-0.05, 0) is 45.8 Å². The second kappa shape index (κ2) is 9.00. The van der Waals surface area contributed by atoms with Crippen LogP contribution in [0.15, 0.2) is 0 Å². The highest BCUT2D eigenvalue weighted by Gasteiger charge is 2.38. The maximum absolute atomic E-state index is 11.3. The molecule has 0 heterocycles. The number of hydrogen-bond acceptors (Lipinski definition) is 4. The Bertz CT molecular complexity index is 347. The first-order valence-electron chi connectivity index (χ1n) is 7.91. The first-order chi connectivity index (χ1) is 9.31. The zero-order chi connectivity index (χ0) is 15.8. The van der Waals surface area contributed by atoms with E-state index in [-0.39, 0.29) is 11.3 Å². The van der Waals surface area contributed by atoms with Crippen molar-refractivity contribution in [2.24, 2.45) is 0 Å². The van der Waals surface area contributed by atoms with Crippen molar-refractivity contribution < 1.29 is 8.42 Å². The molecule has 0 aliphatic rings. The smallest absolute Gasteiger partial charge is 0.147 e. The zero-order valence-electron chi connectivity index (χ0n) is 14.2. The van der Waals surface area contributed by atoms with Crippen LogP contribution in [0.2, 0.25) is 0 Å². The lowest BCUT2D eigenvalue weighted by Gasteiger charge is -2.48. The van der Waals surface area contributed by atoms with Gasteiger partial charge in [-0.3, -0.25) is 4.90 Å². The molecule has 0 aliphatic heterocycles. The lowest BCUT2D eigenvalue weighted by atomic mass is 9.80. The van der Waals surface area contributed by atoms with E-state index in [9.17, 15) is 8.42 Å². The first kappa shape index (κ1) is 19.9. The third kappa shape index (κ3) is 5.34. The van der Waals surface area contributed by atoms with Gasteiger partial charge in [0.1, 0.15) is 9.84 Å². The Hall–Kier alpha value is -0.130. The van der Waals surface area contributed by atoms with E-state index in [2.05, 4.69) is 37.9 Å². The van der Waals surface area contributed by atoms with Crippen LogP contribution in [0, 0.1) is 0 Å². The fraction of sp³-hybridized carbons (Fsp3) is 1.00. The predicted octanol–water partition coefficient (Wildman–Crippen LogP) is 2.30. The lowest BCUT2D eigenvalue weighted by molar-refractivity contribution is 0.0486. The average molecular weight is 307 g/mol. The molecule has 5 heteroatoms. The van der Waals surface area contributed by atoms with Crippen LogP contribution in [0.4, 0.5) is 0 Å². The van der Waals surface area contributed by atoms with Gasteiger partial charge in [0.15, 0.2) is 0 Å². The van der Waals surface area contributed by atoms with Gasteiger partial charge >= 0.3 is 0 Å². The summed E-state index contributed by atoms with van der Waals surface area (Å²) in [7, 11) is -0.865. The molecule has 0 saturated carbocycles. The molecule has 0 aromatic rings. The number of likely N-dealkylation sites (N-methyl/N-ethyl adjacent to an activating group) is 2. The van der Waals surface area contributed by atoms with E-state index in [1.807, 2.05) is 7.05 Å². The van der Waals surface area contributed by atoms with Crippen LogP contribution < -0.4 is 5.32 Å². The van der Waals surface area contributed by atoms with Crippen molar-refractivity contribution in [3.05, 3.63) is 0 Å². The Labute approximate surface area is 126 Å². The molecule has 0 rings (SSSR count). The van der Waals surface area contributed by atoms with Crippen molar-refractivity contribution in [1.29, 1.82) is 0 Å². The van der Waals surface area contributed by atoms with Crippen molar-refractivity contribution in [2.45, 2.75) is 65.0 Å². The standard InChI is InChI=1S/C15H34N2O2S/c1-7-15(8-2,17(9-3)10-4)14(16-5)12-11-13-20(6,18)19/h14,16H,7-13H2,1-6H3. The molecule has 0 spiro atoms. The summed E-state index contributed by atoms with van der Waals surface area (Å²) in [6, 6.07) is 0.333. The summed E-state index contributed by atoms with van der Waals surface area (Å²) < 4.78 is 22.6. The summed E-state index contributed by atoms with van der Waals surface area (Å²) in [6.07, 6.45) is 5.11. The molecule has 0 aromatic carbocycles. The van der Waals surface area contributed by atoms with Gasteiger partial charge in [0.2, 0.25) is 0 Å². The molecule has 122 valence electrons. The highest BCUT2D eigenvalue weighted by molar-refractivity contribution is 7.90. The summed E-state index contributed by atoms with van der Waals surface area (Å²) in [4.78, 5) is 2.52. The molecule has 0 saturated heterocycles. The molecule has 0 radical (unpaired) electrons. The van der Waals surface area contributed by atoms with E-state index in [0.717, 1.165) is 38.8 Å². The molecule has 1 unspecified atom stereocenters. The van der Waals surface area contributed by atoms with Crippen LogP contribution in [0.1, 0.15) is 53.4 Å². The van der Waals surface area contributed by atoms with E-state index in [1.54, 1.807) is 0 Å². The zero-order valence-corrected chi connectivity index (χ0v) is 15.0. The minimum atomic E-state index is -2.86. The van der Waals surface area contributed by atoms with Crippen LogP contribution in [-0.4, -0.2) is 57.0 Å². The van der Waals surface area contributed by atoms with Crippen molar-refractivity contribution in [3.8, 4) is 0 Å². The maximum Gasteiger partial charge on any atom is 0.147 e. The highest BCUT2D eigenvalue weighted by Crippen LogP contribution is 2.30. The van der Waals surface area contributed by atoms with Gasteiger partial charge < -0.3 is 5.32 Å². The summed E-state index contributed by atoms with van der Waals surface area (Å²) >= 11 is 0. The molecule has 1 atom stereocenters. The molecule has 0 bridgehead atoms. The highest BCUT2D eigenvalue weighted by atomic mass is 32.2. The number of nitrogens with zero attached hydrogens (tertiary/aromatic N) is 1. The topological polar surface area (TPSA) is 49.4 Å². The monoisotopic (exact) mass is 306 g/mol. The van der Waals surface area contributed by atoms with Crippen molar-refractivity contribution in [1.82, 2.24) is 10.2 Å². The SMILES string of the molecule is CCN(CC)C(CC)(CC)C(CCCS(C)(=O)=O)NC. The van der Waals surface area contributed by atoms with Gasteiger partial charge in [0.05, 0.1) is 0 Å². The molecule has 4 nitrogen and oxygen atoms in total. The van der Waals surface area contributed by atoms with E-state index in [1.165, 1.54) is 6.26 Å². The molecule has 0 aromatic heterocycles. The minimum absolute atomic E-state index is 0.121. The van der Waals surface area contributed by atoms with Gasteiger partial charge in [-0.1, -0.05) is 27.7 Å². The van der Waals surface area contributed by atoms with Gasteiger partial charge in [0.25, 0.3) is 0 Å². The van der Waals surface area contributed by atoms with Crippen LogP contribution >= 0.6 is 0 Å². The first-order valence-corrected chi connectivity index (χ1v) is 9.97. The second-order valence-corrected chi connectivity index (χ2v) is 7.86. The normalized spacial score (nSPS) is 14.8. The fourth-order valence-electron chi connectivity index (χ4n) is 3.50. The summed E-state index contributed by atoms with van der Waals surface area (Å²) in [6.45, 7) is 10.9. The van der Waals surface area contributed by atoms with Crippen molar-refractivity contribution in [3.63, 3.8) is 0 Å². The summed E-state index contributed by atoms with van der Waals surface area (Å²) in [5.41, 5.74) is 0.121. The summed E-state index contributed by atoms with van der Waals surface area (Å²) in [5, 5.41) is 3.44. The van der Waals surface area contributed by atoms with Crippen LogP contribution in [0.3, 0.4) is 0 Å². The number of sulfone groups is 1. The maximum atomic E-state index is 11.3. The quantitative estimate of drug-likeness (QED) is 0.636. The molecule has 1 N–H and O–H groups in total. The van der Waals surface area contributed by atoms with Gasteiger partial charge in [-0.2, -0.15) is 0 Å². The fourth-order valence-corrected chi connectivity index (χ4v) is 4.19. The van der Waals surface area contributed by atoms with Crippen molar-refractivity contribution >= 4 is 9.84 Å².